The van der Waals surface area contributed by atoms with Gasteiger partial charge >= 0.3 is 6.09 Å². The lowest BCUT2D eigenvalue weighted by Gasteiger charge is -2.27. The quantitative estimate of drug-likeness (QED) is 0.426. The zero-order valence-corrected chi connectivity index (χ0v) is 25.1. The highest BCUT2D eigenvalue weighted by Crippen LogP contribution is 2.48. The average molecular weight is 612 g/mol. The van der Waals surface area contributed by atoms with Crippen LogP contribution in [0.1, 0.15) is 63.9 Å². The van der Waals surface area contributed by atoms with Crippen molar-refractivity contribution in [3.63, 3.8) is 0 Å². The van der Waals surface area contributed by atoms with E-state index in [1.807, 2.05) is 18.2 Å². The molecule has 12 nitrogen and oxygen atoms in total. The van der Waals surface area contributed by atoms with Gasteiger partial charge in [-0.05, 0) is 76.5 Å². The number of fused-ring (bicyclic) bond motifs is 2. The van der Waals surface area contributed by atoms with E-state index in [1.165, 1.54) is 6.07 Å². The summed E-state index contributed by atoms with van der Waals surface area (Å²) in [7, 11) is -2.25. The van der Waals surface area contributed by atoms with Crippen molar-refractivity contribution in [2.24, 2.45) is 17.8 Å². The molecule has 0 radical (unpaired) electrons. The van der Waals surface area contributed by atoms with Gasteiger partial charge in [-0.2, -0.15) is 5.26 Å². The number of nitriles is 1. The number of hydrogen-bond donors (Lipinski definition) is 3. The third-order valence-corrected chi connectivity index (χ3v) is 11.3. The number of nitrogens with zero attached hydrogens (tertiary/aromatic N) is 2. The Labute approximate surface area is 251 Å². The number of rotatable bonds is 5. The first-order chi connectivity index (χ1) is 20.4. The van der Waals surface area contributed by atoms with Crippen LogP contribution in [-0.2, 0) is 29.1 Å². The number of sulfonamides is 1. The van der Waals surface area contributed by atoms with Crippen molar-refractivity contribution in [3.8, 4) is 6.07 Å². The summed E-state index contributed by atoms with van der Waals surface area (Å²) in [6, 6.07) is 8.31. The Morgan fingerprint density at radius 1 is 1.16 bits per heavy atom. The van der Waals surface area contributed by atoms with Gasteiger partial charge in [0.05, 0.1) is 28.2 Å². The summed E-state index contributed by atoms with van der Waals surface area (Å²) in [6.07, 6.45) is 5.83. The Morgan fingerprint density at radius 2 is 1.91 bits per heavy atom. The van der Waals surface area contributed by atoms with Crippen molar-refractivity contribution >= 4 is 39.5 Å². The number of benzene rings is 1. The van der Waals surface area contributed by atoms with Gasteiger partial charge in [0.2, 0.25) is 21.8 Å². The second-order valence-electron chi connectivity index (χ2n) is 12.4. The minimum absolute atomic E-state index is 0.0519. The normalized spacial score (nSPS) is 30.8. The summed E-state index contributed by atoms with van der Waals surface area (Å²) in [5, 5.41) is 14.5. The SMILES string of the molecule is CN1CCCC/C=C\[C@H]2C[C@@]2(C(=O)NS(=O)(=O)C2(C)CC2)NC(=O)[C@@H]2C[C@@H](OC(=O)Nc3cccc(C#N)c3)C[C@H]2C1=O. The maximum absolute atomic E-state index is 13.8. The lowest BCUT2D eigenvalue weighted by atomic mass is 9.93. The minimum atomic E-state index is -3.93. The van der Waals surface area contributed by atoms with Gasteiger partial charge < -0.3 is 15.0 Å². The van der Waals surface area contributed by atoms with E-state index >= 15 is 0 Å². The predicted octanol–water partition coefficient (Wildman–Crippen LogP) is 2.57. The van der Waals surface area contributed by atoms with Gasteiger partial charge in [0, 0.05) is 25.2 Å². The van der Waals surface area contributed by atoms with Crippen LogP contribution in [0.5, 0.6) is 0 Å². The molecule has 230 valence electrons. The molecule has 3 aliphatic carbocycles. The van der Waals surface area contributed by atoms with E-state index in [4.69, 9.17) is 10.00 Å². The molecule has 13 heteroatoms. The number of hydrogen-bond acceptors (Lipinski definition) is 8. The van der Waals surface area contributed by atoms with Crippen LogP contribution in [0.2, 0.25) is 0 Å². The van der Waals surface area contributed by atoms with Gasteiger partial charge in [-0.1, -0.05) is 18.2 Å². The highest BCUT2D eigenvalue weighted by atomic mass is 32.2. The fourth-order valence-corrected chi connectivity index (χ4v) is 7.27. The van der Waals surface area contributed by atoms with Gasteiger partial charge in [0.15, 0.2) is 0 Å². The summed E-state index contributed by atoms with van der Waals surface area (Å²) in [6.45, 7) is 2.09. The first-order valence-corrected chi connectivity index (χ1v) is 16.1. The van der Waals surface area contributed by atoms with Crippen LogP contribution in [0.4, 0.5) is 10.5 Å². The number of anilines is 1. The zero-order chi connectivity index (χ0) is 31.0. The molecular formula is C30H37N5O7S. The molecule has 0 saturated heterocycles. The summed E-state index contributed by atoms with van der Waals surface area (Å²) in [5.74, 6) is -3.67. The maximum atomic E-state index is 13.8. The first-order valence-electron chi connectivity index (χ1n) is 14.7. The average Bonchev–Trinajstić information content (AvgIpc) is 3.84. The number of carbonyl (C=O) groups is 4. The van der Waals surface area contributed by atoms with Crippen molar-refractivity contribution in [1.82, 2.24) is 14.9 Å². The van der Waals surface area contributed by atoms with E-state index in [1.54, 1.807) is 37.1 Å². The molecule has 0 bridgehead atoms. The van der Waals surface area contributed by atoms with Crippen LogP contribution in [0, 0.1) is 29.1 Å². The summed E-state index contributed by atoms with van der Waals surface area (Å²) in [4.78, 5) is 55.1. The van der Waals surface area contributed by atoms with Crippen molar-refractivity contribution in [2.75, 3.05) is 18.9 Å². The number of nitrogens with one attached hydrogen (secondary N) is 3. The fourth-order valence-electron chi connectivity index (χ4n) is 5.96. The Balaban J connectivity index is 1.35. The molecule has 1 aromatic rings. The van der Waals surface area contributed by atoms with Gasteiger partial charge in [0.1, 0.15) is 11.6 Å². The van der Waals surface area contributed by atoms with Crippen molar-refractivity contribution in [2.45, 2.75) is 74.7 Å². The summed E-state index contributed by atoms with van der Waals surface area (Å²) >= 11 is 0. The van der Waals surface area contributed by atoms with Gasteiger partial charge in [-0.25, -0.2) is 13.2 Å². The Hall–Kier alpha value is -3.92. The highest BCUT2D eigenvalue weighted by Gasteiger charge is 2.63. The largest absolute Gasteiger partial charge is 0.446 e. The van der Waals surface area contributed by atoms with Gasteiger partial charge in [0.25, 0.3) is 5.91 Å². The van der Waals surface area contributed by atoms with Crippen LogP contribution >= 0.6 is 0 Å². The zero-order valence-electron chi connectivity index (χ0n) is 24.3. The van der Waals surface area contributed by atoms with Crippen LogP contribution in [-0.4, -0.2) is 67.1 Å². The van der Waals surface area contributed by atoms with Crippen LogP contribution in [0.3, 0.4) is 0 Å². The number of carbonyl (C=O) groups excluding carboxylic acids is 4. The predicted molar refractivity (Wildman–Crippen MR) is 156 cm³/mol. The van der Waals surface area contributed by atoms with Crippen LogP contribution in [0.25, 0.3) is 0 Å². The molecule has 1 aliphatic heterocycles. The Kier molecular flexibility index (Phi) is 8.26. The Morgan fingerprint density at radius 3 is 2.63 bits per heavy atom. The summed E-state index contributed by atoms with van der Waals surface area (Å²) < 4.78 is 32.6. The third-order valence-electron chi connectivity index (χ3n) is 9.14. The molecule has 5 atom stereocenters. The van der Waals surface area contributed by atoms with Crippen LogP contribution < -0.4 is 15.4 Å². The monoisotopic (exact) mass is 611 g/mol. The van der Waals surface area contributed by atoms with Crippen molar-refractivity contribution < 1.29 is 32.3 Å². The lowest BCUT2D eigenvalue weighted by molar-refractivity contribution is -0.140. The molecule has 0 spiro atoms. The minimum Gasteiger partial charge on any atom is -0.446 e. The molecule has 43 heavy (non-hydrogen) atoms. The van der Waals surface area contributed by atoms with E-state index in [9.17, 15) is 27.6 Å². The van der Waals surface area contributed by atoms with E-state index in [0.29, 0.717) is 30.6 Å². The van der Waals surface area contributed by atoms with Gasteiger partial charge in [-0.15, -0.1) is 0 Å². The maximum Gasteiger partial charge on any atom is 0.411 e. The van der Waals surface area contributed by atoms with E-state index in [2.05, 4.69) is 15.4 Å². The molecule has 3 saturated carbocycles. The number of ether oxygens (including phenoxy) is 1. The first kappa shape index (κ1) is 30.5. The smallest absolute Gasteiger partial charge is 0.411 e. The Bertz CT molecular complexity index is 1500. The lowest BCUT2D eigenvalue weighted by Crippen LogP contribution is -2.55. The molecule has 5 rings (SSSR count). The third kappa shape index (κ3) is 6.39. The number of amides is 4. The molecule has 1 heterocycles. The molecule has 0 unspecified atom stereocenters. The van der Waals surface area contributed by atoms with E-state index < -0.39 is 56.2 Å². The molecule has 0 aromatic heterocycles. The molecule has 1 aromatic carbocycles. The molecule has 3 N–H and O–H groups in total. The molecule has 3 fully saturated rings. The number of allylic oxidation sites excluding steroid dienone is 1. The van der Waals surface area contributed by atoms with E-state index in [-0.39, 0.29) is 31.1 Å². The topological polar surface area (TPSA) is 175 Å². The van der Waals surface area contributed by atoms with Crippen molar-refractivity contribution in [3.05, 3.63) is 42.0 Å². The fraction of sp³-hybridized carbons (Fsp3) is 0.567. The van der Waals surface area contributed by atoms with Crippen molar-refractivity contribution in [1.29, 1.82) is 5.26 Å². The molecule has 4 amide bonds. The second kappa shape index (κ2) is 11.6. The highest BCUT2D eigenvalue weighted by molar-refractivity contribution is 7.91. The summed E-state index contributed by atoms with van der Waals surface area (Å²) in [5.41, 5.74) is -0.722. The van der Waals surface area contributed by atoms with E-state index in [0.717, 1.165) is 19.3 Å². The molecular weight excluding hydrogens is 574 g/mol. The second-order valence-corrected chi connectivity index (χ2v) is 14.6. The van der Waals surface area contributed by atoms with Crippen LogP contribution in [0.15, 0.2) is 36.4 Å². The molecule has 4 aliphatic rings. The van der Waals surface area contributed by atoms with Gasteiger partial charge in [-0.3, -0.25) is 24.4 Å². The standard InChI is InChI=1S/C30H37N5O7S/c1-29(11-12-29)43(40,41)34-27(38)30-17-20(30)9-5-3-4-6-13-35(2)26(37)24-16-22(15-23(24)25(36)33-30)42-28(39)32-21-10-7-8-19(14-21)18-31/h5,7-10,14,20,22-24H,3-4,6,11-13,15-17H2,1-2H3,(H,32,39)(H,33,36)(H,34,38)/b9-5-/t20-,22+,23+,24+,30+/m0/s1.